The smallest absolute Gasteiger partial charge is 0.318 e. The highest BCUT2D eigenvalue weighted by molar-refractivity contribution is 6.05. The molecule has 0 radical (unpaired) electrons. The number of rotatable bonds is 9. The molecule has 0 saturated heterocycles. The Hall–Kier alpha value is -3.66. The molecule has 0 unspecified atom stereocenters. The zero-order valence-corrected chi connectivity index (χ0v) is 22.2. The molecule has 3 amide bonds. The first-order chi connectivity index (χ1) is 17.6. The quantitative estimate of drug-likeness (QED) is 0.547. The Morgan fingerprint density at radius 3 is 2.41 bits per heavy atom. The van der Waals surface area contributed by atoms with Gasteiger partial charge in [-0.05, 0) is 50.6 Å². The Morgan fingerprint density at radius 2 is 1.81 bits per heavy atom. The highest BCUT2D eigenvalue weighted by atomic mass is 19.1. The molecule has 3 rings (SSSR count). The maximum Gasteiger partial charge on any atom is 0.318 e. The summed E-state index contributed by atoms with van der Waals surface area (Å²) in [5.41, 5.74) is 1.59. The van der Waals surface area contributed by atoms with Crippen LogP contribution in [-0.2, 0) is 9.53 Å². The Morgan fingerprint density at radius 1 is 1.11 bits per heavy atom. The van der Waals surface area contributed by atoms with Crippen molar-refractivity contribution in [1.29, 1.82) is 0 Å². The number of hydrogen-bond acceptors (Lipinski definition) is 6. The Kier molecular flexibility index (Phi) is 9.09. The monoisotopic (exact) mass is 514 g/mol. The number of benzene rings is 2. The molecule has 0 bridgehead atoms. The first-order valence-electron chi connectivity index (χ1n) is 12.0. The maximum absolute atomic E-state index is 13.7. The van der Waals surface area contributed by atoms with Gasteiger partial charge in [-0.3, -0.25) is 4.79 Å². The number of hydrazone groups is 1. The second-order valence-electron chi connectivity index (χ2n) is 9.72. The van der Waals surface area contributed by atoms with E-state index in [1.165, 1.54) is 29.2 Å². The molecule has 10 heteroatoms. The maximum atomic E-state index is 13.7. The molecule has 2 aromatic rings. The molecule has 1 heterocycles. The van der Waals surface area contributed by atoms with Crippen molar-refractivity contribution in [3.8, 4) is 11.5 Å². The van der Waals surface area contributed by atoms with Crippen molar-refractivity contribution in [3.63, 3.8) is 0 Å². The van der Waals surface area contributed by atoms with Gasteiger partial charge >= 0.3 is 6.03 Å². The minimum Gasteiger partial charge on any atom is -0.497 e. The lowest BCUT2D eigenvalue weighted by molar-refractivity contribution is -0.133. The van der Waals surface area contributed by atoms with Crippen molar-refractivity contribution in [2.24, 2.45) is 5.10 Å². The van der Waals surface area contributed by atoms with Crippen molar-refractivity contribution >= 4 is 17.6 Å². The highest BCUT2D eigenvalue weighted by Gasteiger charge is 2.35. The molecular formula is C27H35FN4O5. The van der Waals surface area contributed by atoms with E-state index >= 15 is 0 Å². The van der Waals surface area contributed by atoms with Gasteiger partial charge < -0.3 is 24.4 Å². The lowest BCUT2D eigenvalue weighted by Gasteiger charge is -2.30. The molecule has 37 heavy (non-hydrogen) atoms. The molecule has 1 N–H and O–H groups in total. The van der Waals surface area contributed by atoms with Crippen LogP contribution in [-0.4, -0.2) is 74.1 Å². The van der Waals surface area contributed by atoms with Crippen molar-refractivity contribution in [1.82, 2.24) is 15.2 Å². The second-order valence-corrected chi connectivity index (χ2v) is 9.72. The second kappa shape index (κ2) is 12.1. The van der Waals surface area contributed by atoms with Gasteiger partial charge in [0.05, 0.1) is 32.6 Å². The highest BCUT2D eigenvalue weighted by Crippen LogP contribution is 2.36. The van der Waals surface area contributed by atoms with E-state index in [2.05, 4.69) is 10.4 Å². The Labute approximate surface area is 217 Å². The van der Waals surface area contributed by atoms with Crippen LogP contribution < -0.4 is 14.8 Å². The lowest BCUT2D eigenvalue weighted by atomic mass is 9.97. The van der Waals surface area contributed by atoms with Crippen molar-refractivity contribution < 1.29 is 28.2 Å². The summed E-state index contributed by atoms with van der Waals surface area (Å²) in [6.07, 6.45) is 0.381. The number of carbonyl (C=O) groups excluding carboxylic acids is 2. The SMILES string of the molecule is COCCN(CC(=O)N1N=C(c2ccc(OC)cc2OC)C[C@@H]1c1ccc(F)cc1)C(=O)NC(C)(C)C. The first kappa shape index (κ1) is 27.9. The summed E-state index contributed by atoms with van der Waals surface area (Å²) < 4.78 is 29.6. The van der Waals surface area contributed by atoms with E-state index < -0.39 is 11.6 Å². The van der Waals surface area contributed by atoms with Gasteiger partial charge in [0.25, 0.3) is 5.91 Å². The number of halogens is 1. The molecule has 200 valence electrons. The molecule has 0 aliphatic carbocycles. The fourth-order valence-corrected chi connectivity index (χ4v) is 3.97. The van der Waals surface area contributed by atoms with Crippen LogP contribution in [0.4, 0.5) is 9.18 Å². The van der Waals surface area contributed by atoms with Gasteiger partial charge in [-0.2, -0.15) is 5.10 Å². The number of urea groups is 1. The summed E-state index contributed by atoms with van der Waals surface area (Å²) in [6.45, 7) is 5.88. The van der Waals surface area contributed by atoms with Gasteiger partial charge in [0.2, 0.25) is 0 Å². The number of carbonyl (C=O) groups is 2. The van der Waals surface area contributed by atoms with Gasteiger partial charge in [-0.25, -0.2) is 14.2 Å². The van der Waals surface area contributed by atoms with Crippen LogP contribution in [0.2, 0.25) is 0 Å². The predicted molar refractivity (Wildman–Crippen MR) is 138 cm³/mol. The summed E-state index contributed by atoms with van der Waals surface area (Å²) in [5.74, 6) is 0.427. The first-order valence-corrected chi connectivity index (χ1v) is 12.0. The van der Waals surface area contributed by atoms with Crippen LogP contribution in [0.25, 0.3) is 0 Å². The number of methoxy groups -OCH3 is 3. The average Bonchev–Trinajstić information content (AvgIpc) is 3.30. The third-order valence-corrected chi connectivity index (χ3v) is 5.80. The number of ether oxygens (including phenoxy) is 3. The third kappa shape index (κ3) is 7.19. The van der Waals surface area contributed by atoms with Crippen LogP contribution in [0.1, 0.15) is 44.4 Å². The summed E-state index contributed by atoms with van der Waals surface area (Å²) in [4.78, 5) is 27.9. The van der Waals surface area contributed by atoms with E-state index in [9.17, 15) is 14.0 Å². The van der Waals surface area contributed by atoms with Crippen LogP contribution in [0.5, 0.6) is 11.5 Å². The van der Waals surface area contributed by atoms with Gasteiger partial charge in [0.15, 0.2) is 0 Å². The largest absolute Gasteiger partial charge is 0.497 e. The van der Waals surface area contributed by atoms with E-state index in [-0.39, 0.29) is 37.5 Å². The average molecular weight is 515 g/mol. The normalized spacial score (nSPS) is 15.3. The van der Waals surface area contributed by atoms with Gasteiger partial charge in [0, 0.05) is 37.2 Å². The molecule has 1 atom stereocenters. The molecule has 0 fully saturated rings. The predicted octanol–water partition coefficient (Wildman–Crippen LogP) is 3.98. The topological polar surface area (TPSA) is 92.7 Å². The minimum absolute atomic E-state index is 0.209. The molecule has 9 nitrogen and oxygen atoms in total. The molecule has 0 aromatic heterocycles. The van der Waals surface area contributed by atoms with E-state index in [0.717, 1.165) is 5.56 Å². The summed E-state index contributed by atoms with van der Waals surface area (Å²) in [5, 5.41) is 8.93. The molecule has 0 spiro atoms. The van der Waals surface area contributed by atoms with Crippen LogP contribution in [0, 0.1) is 5.82 Å². The molecule has 1 aliphatic heterocycles. The van der Waals surface area contributed by atoms with Crippen LogP contribution in [0.15, 0.2) is 47.6 Å². The van der Waals surface area contributed by atoms with E-state index in [0.29, 0.717) is 29.2 Å². The number of nitrogens with zero attached hydrogens (tertiary/aromatic N) is 3. The summed E-state index contributed by atoms with van der Waals surface area (Å²) in [7, 11) is 4.65. The van der Waals surface area contributed by atoms with E-state index in [4.69, 9.17) is 14.2 Å². The van der Waals surface area contributed by atoms with E-state index in [1.807, 2.05) is 26.8 Å². The molecular weight excluding hydrogens is 479 g/mol. The Bertz CT molecular complexity index is 1130. The number of nitrogens with one attached hydrogen (secondary N) is 1. The minimum atomic E-state index is -0.482. The molecule has 2 aromatic carbocycles. The summed E-state index contributed by atoms with van der Waals surface area (Å²) >= 11 is 0. The van der Waals surface area contributed by atoms with Gasteiger partial charge in [0.1, 0.15) is 23.9 Å². The van der Waals surface area contributed by atoms with Crippen molar-refractivity contribution in [2.45, 2.75) is 38.8 Å². The lowest BCUT2D eigenvalue weighted by Crippen LogP contribution is -2.52. The zero-order chi connectivity index (χ0) is 27.2. The standard InChI is InChI=1S/C27H35FN4O5/c1-27(2,3)29-26(34)31(13-14-35-4)17-25(33)32-23(18-7-9-19(28)10-8-18)16-22(30-32)21-12-11-20(36-5)15-24(21)37-6/h7-12,15,23H,13-14,16-17H2,1-6H3,(H,29,34)/t23-/m1/s1. The fraction of sp³-hybridized carbons (Fsp3) is 0.444. The van der Waals surface area contributed by atoms with Crippen molar-refractivity contribution in [3.05, 3.63) is 59.4 Å². The van der Waals surface area contributed by atoms with Gasteiger partial charge in [-0.15, -0.1) is 0 Å². The zero-order valence-electron chi connectivity index (χ0n) is 22.2. The van der Waals surface area contributed by atoms with Crippen LogP contribution in [0.3, 0.4) is 0 Å². The fourth-order valence-electron chi connectivity index (χ4n) is 3.97. The summed E-state index contributed by atoms with van der Waals surface area (Å²) in [6, 6.07) is 10.5. The molecule has 0 saturated carbocycles. The molecule has 1 aliphatic rings. The van der Waals surface area contributed by atoms with Crippen molar-refractivity contribution in [2.75, 3.05) is 41.0 Å². The van der Waals surface area contributed by atoms with E-state index in [1.54, 1.807) is 38.5 Å². The Balaban J connectivity index is 1.95. The third-order valence-electron chi connectivity index (χ3n) is 5.80. The number of amides is 3. The van der Waals surface area contributed by atoms with Crippen LogP contribution >= 0.6 is 0 Å². The van der Waals surface area contributed by atoms with Gasteiger partial charge in [-0.1, -0.05) is 12.1 Å². The number of hydrogen-bond donors (Lipinski definition) is 1.